The Morgan fingerprint density at radius 1 is 1.37 bits per heavy atom. The maximum atomic E-state index is 5.34. The van der Waals surface area contributed by atoms with E-state index in [9.17, 15) is 0 Å². The molecule has 7 heteroatoms. The molecular weight excluding hydrogens is 264 g/mol. The highest BCUT2D eigenvalue weighted by Crippen LogP contribution is 2.32. The van der Waals surface area contributed by atoms with Crippen molar-refractivity contribution in [2.45, 2.75) is 13.8 Å². The molecule has 6 nitrogen and oxygen atoms in total. The normalized spacial score (nSPS) is 13.7. The molecule has 0 aliphatic carbocycles. The molecule has 98 valence electrons. The van der Waals surface area contributed by atoms with Gasteiger partial charge in [0, 0.05) is 17.1 Å². The lowest BCUT2D eigenvalue weighted by Gasteiger charge is -2.03. The van der Waals surface area contributed by atoms with Gasteiger partial charge in [-0.1, -0.05) is 4.49 Å². The fourth-order valence-corrected chi connectivity index (χ4v) is 2.16. The van der Waals surface area contributed by atoms with E-state index in [1.807, 2.05) is 32.0 Å². The number of benzene rings is 1. The number of ether oxygens (including phenoxy) is 2. The summed E-state index contributed by atoms with van der Waals surface area (Å²) in [5, 5.41) is 9.09. The number of nitrogens with one attached hydrogen (secondary N) is 1. The molecule has 1 aromatic carbocycles. The first-order valence-corrected chi connectivity index (χ1v) is 6.50. The van der Waals surface area contributed by atoms with E-state index < -0.39 is 0 Å². The zero-order chi connectivity index (χ0) is 13.2. The highest BCUT2D eigenvalue weighted by molar-refractivity contribution is 7.10. The van der Waals surface area contributed by atoms with Crippen molar-refractivity contribution in [3.63, 3.8) is 0 Å². The van der Waals surface area contributed by atoms with Crippen molar-refractivity contribution in [2.75, 3.05) is 12.2 Å². The zero-order valence-electron chi connectivity index (χ0n) is 10.5. The van der Waals surface area contributed by atoms with E-state index in [2.05, 4.69) is 20.1 Å². The topological polar surface area (TPSA) is 68.6 Å². The van der Waals surface area contributed by atoms with Gasteiger partial charge in [0.2, 0.25) is 6.79 Å². The number of hydrogen-bond acceptors (Lipinski definition) is 7. The molecule has 1 N–H and O–H groups in total. The van der Waals surface area contributed by atoms with Crippen molar-refractivity contribution in [3.8, 4) is 11.5 Å². The smallest absolute Gasteiger partial charge is 0.231 e. The summed E-state index contributed by atoms with van der Waals surface area (Å²) in [6.45, 7) is 4.09. The highest BCUT2D eigenvalue weighted by Gasteiger charge is 2.14. The Labute approximate surface area is 114 Å². The van der Waals surface area contributed by atoms with Crippen LogP contribution in [-0.4, -0.2) is 22.1 Å². The standard InChI is InChI=1S/C12H12N4O2S/c1-7(13-15-12-8(2)14-16-19-12)9-3-4-10-11(5-9)18-6-17-10/h3-5,15H,6H2,1-2H3/b13-7+. The van der Waals surface area contributed by atoms with Gasteiger partial charge in [0.25, 0.3) is 0 Å². The maximum absolute atomic E-state index is 5.34. The monoisotopic (exact) mass is 276 g/mol. The van der Waals surface area contributed by atoms with Crippen LogP contribution in [0.25, 0.3) is 0 Å². The van der Waals surface area contributed by atoms with Crippen LogP contribution in [0.3, 0.4) is 0 Å². The Morgan fingerprint density at radius 3 is 3.00 bits per heavy atom. The second-order valence-electron chi connectivity index (χ2n) is 4.06. The summed E-state index contributed by atoms with van der Waals surface area (Å²) in [5.41, 5.74) is 5.64. The number of hydrogen-bond donors (Lipinski definition) is 1. The van der Waals surface area contributed by atoms with Gasteiger partial charge in [-0.2, -0.15) is 5.10 Å². The van der Waals surface area contributed by atoms with Gasteiger partial charge in [0.1, 0.15) is 0 Å². The first-order valence-electron chi connectivity index (χ1n) is 5.73. The number of fused-ring (bicyclic) bond motifs is 1. The third kappa shape index (κ3) is 2.37. The Balaban J connectivity index is 1.80. The molecule has 0 spiro atoms. The summed E-state index contributed by atoms with van der Waals surface area (Å²) < 4.78 is 14.5. The molecule has 1 aromatic heterocycles. The molecule has 1 aliphatic rings. The second kappa shape index (κ2) is 4.85. The van der Waals surface area contributed by atoms with Crippen LogP contribution in [0, 0.1) is 6.92 Å². The fourth-order valence-electron chi connectivity index (χ4n) is 1.66. The molecule has 2 heterocycles. The van der Waals surface area contributed by atoms with Crippen molar-refractivity contribution >= 4 is 22.2 Å². The van der Waals surface area contributed by atoms with Crippen LogP contribution in [-0.2, 0) is 0 Å². The molecule has 2 aromatic rings. The molecule has 0 amide bonds. The van der Waals surface area contributed by atoms with Crippen LogP contribution in [0.1, 0.15) is 18.2 Å². The number of aryl methyl sites for hydroxylation is 1. The highest BCUT2D eigenvalue weighted by atomic mass is 32.1. The molecule has 0 radical (unpaired) electrons. The van der Waals surface area contributed by atoms with E-state index in [1.165, 1.54) is 11.5 Å². The van der Waals surface area contributed by atoms with E-state index in [4.69, 9.17) is 9.47 Å². The number of anilines is 1. The summed E-state index contributed by atoms with van der Waals surface area (Å²) >= 11 is 1.28. The number of hydrazone groups is 1. The lowest BCUT2D eigenvalue weighted by Crippen LogP contribution is -1.99. The molecule has 3 rings (SSSR count). The molecule has 1 aliphatic heterocycles. The van der Waals surface area contributed by atoms with Crippen molar-refractivity contribution in [3.05, 3.63) is 29.5 Å². The van der Waals surface area contributed by atoms with E-state index in [1.54, 1.807) is 0 Å². The van der Waals surface area contributed by atoms with Crippen molar-refractivity contribution < 1.29 is 9.47 Å². The Bertz CT molecular complexity index is 638. The average molecular weight is 276 g/mol. The van der Waals surface area contributed by atoms with Gasteiger partial charge in [-0.05, 0) is 32.0 Å². The van der Waals surface area contributed by atoms with Crippen LogP contribution in [0.4, 0.5) is 5.00 Å². The first kappa shape index (κ1) is 11.9. The van der Waals surface area contributed by atoms with E-state index >= 15 is 0 Å². The fraction of sp³-hybridized carbons (Fsp3) is 0.250. The number of aromatic nitrogens is 2. The van der Waals surface area contributed by atoms with E-state index in [0.29, 0.717) is 0 Å². The minimum atomic E-state index is 0.277. The Morgan fingerprint density at radius 2 is 2.21 bits per heavy atom. The van der Waals surface area contributed by atoms with Gasteiger partial charge in [-0.25, -0.2) is 0 Å². The van der Waals surface area contributed by atoms with Crippen LogP contribution < -0.4 is 14.9 Å². The van der Waals surface area contributed by atoms with Crippen molar-refractivity contribution in [2.24, 2.45) is 5.10 Å². The van der Waals surface area contributed by atoms with Crippen LogP contribution in [0.2, 0.25) is 0 Å². The molecule has 0 saturated heterocycles. The van der Waals surface area contributed by atoms with Crippen molar-refractivity contribution in [1.29, 1.82) is 0 Å². The van der Waals surface area contributed by atoms with Crippen molar-refractivity contribution in [1.82, 2.24) is 9.59 Å². The predicted octanol–water partition coefficient (Wildman–Crippen LogP) is 2.41. The molecule has 0 saturated carbocycles. The largest absolute Gasteiger partial charge is 0.454 e. The van der Waals surface area contributed by atoms with Crippen LogP contribution >= 0.6 is 11.5 Å². The van der Waals surface area contributed by atoms with Gasteiger partial charge >= 0.3 is 0 Å². The quantitative estimate of drug-likeness (QED) is 0.688. The first-order chi connectivity index (χ1) is 9.24. The average Bonchev–Trinajstić information content (AvgIpc) is 3.03. The molecule has 0 fully saturated rings. The third-order valence-electron chi connectivity index (χ3n) is 2.77. The van der Waals surface area contributed by atoms with Crippen LogP contribution in [0.5, 0.6) is 11.5 Å². The van der Waals surface area contributed by atoms with Gasteiger partial charge in [-0.3, -0.25) is 5.43 Å². The van der Waals surface area contributed by atoms with Crippen LogP contribution in [0.15, 0.2) is 23.3 Å². The van der Waals surface area contributed by atoms with Gasteiger partial charge in [0.15, 0.2) is 16.5 Å². The molecule has 0 unspecified atom stereocenters. The van der Waals surface area contributed by atoms with Gasteiger partial charge < -0.3 is 9.47 Å². The third-order valence-corrected chi connectivity index (χ3v) is 3.50. The number of rotatable bonds is 3. The molecular formula is C12H12N4O2S. The summed E-state index contributed by atoms with van der Waals surface area (Å²) in [5.74, 6) is 1.52. The summed E-state index contributed by atoms with van der Waals surface area (Å²) in [6.07, 6.45) is 0. The van der Waals surface area contributed by atoms with E-state index in [-0.39, 0.29) is 6.79 Å². The lowest BCUT2D eigenvalue weighted by atomic mass is 10.1. The van der Waals surface area contributed by atoms with E-state index in [0.717, 1.165) is 33.5 Å². The lowest BCUT2D eigenvalue weighted by molar-refractivity contribution is 0.174. The molecule has 19 heavy (non-hydrogen) atoms. The summed E-state index contributed by atoms with van der Waals surface area (Å²) in [6, 6.07) is 5.75. The van der Waals surface area contributed by atoms with Gasteiger partial charge in [0.05, 0.1) is 11.4 Å². The summed E-state index contributed by atoms with van der Waals surface area (Å²) in [4.78, 5) is 0. The molecule has 0 atom stereocenters. The maximum Gasteiger partial charge on any atom is 0.231 e. The Hall–Kier alpha value is -2.15. The Kier molecular flexibility index (Phi) is 3.04. The number of nitrogens with zero attached hydrogens (tertiary/aromatic N) is 3. The minimum absolute atomic E-state index is 0.277. The zero-order valence-corrected chi connectivity index (χ0v) is 11.3. The minimum Gasteiger partial charge on any atom is -0.454 e. The molecule has 0 bridgehead atoms. The SMILES string of the molecule is C/C(=N\Nc1snnc1C)c1ccc2c(c1)OCO2. The second-order valence-corrected chi connectivity index (χ2v) is 4.82. The predicted molar refractivity (Wildman–Crippen MR) is 73.0 cm³/mol. The van der Waals surface area contributed by atoms with Gasteiger partial charge in [-0.15, -0.1) is 5.10 Å². The summed E-state index contributed by atoms with van der Waals surface area (Å²) in [7, 11) is 0.